The number of aliphatic hydroxyl groups is 1. The van der Waals surface area contributed by atoms with Crippen LogP contribution in [0.1, 0.15) is 17.4 Å². The van der Waals surface area contributed by atoms with E-state index in [4.69, 9.17) is 27.9 Å². The number of methoxy groups -OCH3 is 1. The van der Waals surface area contributed by atoms with Gasteiger partial charge in [0.05, 0.1) is 19.3 Å². The van der Waals surface area contributed by atoms with Crippen LogP contribution < -0.4 is 10.1 Å². The molecule has 1 heterocycles. The van der Waals surface area contributed by atoms with Crippen LogP contribution in [0.15, 0.2) is 36.4 Å². The van der Waals surface area contributed by atoms with Gasteiger partial charge in [-0.15, -0.1) is 0 Å². The Labute approximate surface area is 137 Å². The van der Waals surface area contributed by atoms with Crippen LogP contribution in [-0.2, 0) is 11.3 Å². The van der Waals surface area contributed by atoms with Crippen LogP contribution in [-0.4, -0.2) is 23.1 Å². The summed E-state index contributed by atoms with van der Waals surface area (Å²) in [5.41, 5.74) is 0.942. The first-order chi connectivity index (χ1) is 10.5. The van der Waals surface area contributed by atoms with Crippen molar-refractivity contribution in [3.8, 4) is 5.88 Å². The molecule has 0 spiro atoms. The molecule has 7 heteroatoms. The number of halogens is 2. The number of carbonyl (C=O) groups excluding carboxylic acids is 1. The molecule has 0 fully saturated rings. The average molecular weight is 341 g/mol. The third-order valence-corrected chi connectivity index (χ3v) is 3.32. The number of pyridine rings is 1. The van der Waals surface area contributed by atoms with Crippen LogP contribution in [0.3, 0.4) is 0 Å². The number of carbonyl (C=O) groups is 1. The number of aliphatic hydroxyl groups excluding tert-OH is 1. The van der Waals surface area contributed by atoms with Gasteiger partial charge in [-0.3, -0.25) is 4.79 Å². The summed E-state index contributed by atoms with van der Waals surface area (Å²) < 4.78 is 5.00. The molecule has 0 saturated carbocycles. The minimum atomic E-state index is -1.36. The number of hydrogen-bond acceptors (Lipinski definition) is 4. The maximum atomic E-state index is 12.0. The van der Waals surface area contributed by atoms with E-state index in [2.05, 4.69) is 10.3 Å². The van der Waals surface area contributed by atoms with Gasteiger partial charge in [0, 0.05) is 16.1 Å². The fourth-order valence-corrected chi connectivity index (χ4v) is 2.37. The predicted molar refractivity (Wildman–Crippen MR) is 84.1 cm³/mol. The highest BCUT2D eigenvalue weighted by Gasteiger charge is 2.18. The van der Waals surface area contributed by atoms with Gasteiger partial charge in [0.25, 0.3) is 5.91 Å². The van der Waals surface area contributed by atoms with Gasteiger partial charge >= 0.3 is 0 Å². The van der Waals surface area contributed by atoms with E-state index in [1.807, 2.05) is 0 Å². The summed E-state index contributed by atoms with van der Waals surface area (Å²) in [5.74, 6) is -0.114. The summed E-state index contributed by atoms with van der Waals surface area (Å²) in [4.78, 5) is 16.2. The third-order valence-electron chi connectivity index (χ3n) is 2.88. The summed E-state index contributed by atoms with van der Waals surface area (Å²) >= 11 is 11.7. The topological polar surface area (TPSA) is 71.5 Å². The molecule has 1 amide bonds. The monoisotopic (exact) mass is 340 g/mol. The Morgan fingerprint density at radius 2 is 2.00 bits per heavy atom. The zero-order chi connectivity index (χ0) is 16.1. The van der Waals surface area contributed by atoms with Gasteiger partial charge in [-0.2, -0.15) is 0 Å². The lowest BCUT2D eigenvalue weighted by atomic mass is 10.1. The number of nitrogens with one attached hydrogen (secondary N) is 1. The highest BCUT2D eigenvalue weighted by Crippen LogP contribution is 2.23. The first-order valence-electron chi connectivity index (χ1n) is 6.41. The van der Waals surface area contributed by atoms with Crippen molar-refractivity contribution < 1.29 is 14.6 Å². The van der Waals surface area contributed by atoms with Crippen molar-refractivity contribution in [3.63, 3.8) is 0 Å². The highest BCUT2D eigenvalue weighted by atomic mass is 35.5. The van der Waals surface area contributed by atoms with Gasteiger partial charge in [0.15, 0.2) is 6.10 Å². The van der Waals surface area contributed by atoms with E-state index < -0.39 is 12.0 Å². The number of hydrogen-bond donors (Lipinski definition) is 2. The Morgan fingerprint density at radius 3 is 2.64 bits per heavy atom. The molecule has 2 N–H and O–H groups in total. The highest BCUT2D eigenvalue weighted by molar-refractivity contribution is 6.34. The van der Waals surface area contributed by atoms with Crippen LogP contribution in [0.2, 0.25) is 10.0 Å². The van der Waals surface area contributed by atoms with Crippen LogP contribution in [0, 0.1) is 0 Å². The van der Waals surface area contributed by atoms with Gasteiger partial charge in [0.1, 0.15) is 0 Å². The Hall–Kier alpha value is -1.82. The number of nitrogens with zero attached hydrogens (tertiary/aromatic N) is 1. The molecule has 1 atom stereocenters. The zero-order valence-electron chi connectivity index (χ0n) is 11.7. The lowest BCUT2D eigenvalue weighted by molar-refractivity contribution is -0.129. The molecule has 2 aromatic rings. The number of aromatic nitrogens is 1. The largest absolute Gasteiger partial charge is 0.481 e. The van der Waals surface area contributed by atoms with Crippen molar-refractivity contribution in [2.75, 3.05) is 7.11 Å². The van der Waals surface area contributed by atoms with Crippen LogP contribution in [0.25, 0.3) is 0 Å². The third kappa shape index (κ3) is 4.34. The van der Waals surface area contributed by atoms with Crippen molar-refractivity contribution in [2.24, 2.45) is 0 Å². The summed E-state index contributed by atoms with van der Waals surface area (Å²) in [6.07, 6.45) is -1.36. The van der Waals surface area contributed by atoms with Crippen LogP contribution >= 0.6 is 23.2 Å². The Bertz CT molecular complexity index is 659. The SMILES string of the molecule is COc1cccc(CNC(=O)C(O)c2cc(Cl)cc(Cl)c2)n1. The number of amides is 1. The van der Waals surface area contributed by atoms with Crippen LogP contribution in [0.5, 0.6) is 5.88 Å². The molecule has 5 nitrogen and oxygen atoms in total. The minimum absolute atomic E-state index is 0.168. The van der Waals surface area contributed by atoms with E-state index in [1.54, 1.807) is 18.2 Å². The molecule has 0 saturated heterocycles. The first kappa shape index (κ1) is 16.5. The molecule has 0 bridgehead atoms. The maximum absolute atomic E-state index is 12.0. The van der Waals surface area contributed by atoms with E-state index in [0.717, 1.165) is 0 Å². The van der Waals surface area contributed by atoms with Gasteiger partial charge in [0.2, 0.25) is 5.88 Å². The molecular formula is C15H14Cl2N2O3. The normalized spacial score (nSPS) is 11.8. The quantitative estimate of drug-likeness (QED) is 0.877. The van der Waals surface area contributed by atoms with Gasteiger partial charge in [-0.1, -0.05) is 29.3 Å². The standard InChI is InChI=1S/C15H14Cl2N2O3/c1-22-13-4-2-3-12(19-13)8-18-15(21)14(20)9-5-10(16)7-11(17)6-9/h2-7,14,20H,8H2,1H3,(H,18,21). The number of ether oxygens (including phenoxy) is 1. The Balaban J connectivity index is 2.02. The van der Waals surface area contributed by atoms with E-state index in [9.17, 15) is 9.90 Å². The molecule has 0 radical (unpaired) electrons. The second-order valence-corrected chi connectivity index (χ2v) is 5.37. The van der Waals surface area contributed by atoms with Crippen molar-refractivity contribution in [1.29, 1.82) is 0 Å². The fraction of sp³-hybridized carbons (Fsp3) is 0.200. The second kappa shape index (κ2) is 7.45. The maximum Gasteiger partial charge on any atom is 0.253 e. The molecule has 2 rings (SSSR count). The van der Waals surface area contributed by atoms with Crippen molar-refractivity contribution in [3.05, 3.63) is 57.7 Å². The van der Waals surface area contributed by atoms with E-state index in [0.29, 0.717) is 27.2 Å². The Kier molecular flexibility index (Phi) is 5.60. The van der Waals surface area contributed by atoms with Crippen molar-refractivity contribution >= 4 is 29.1 Å². The molecule has 0 aliphatic rings. The smallest absolute Gasteiger partial charge is 0.253 e. The van der Waals surface area contributed by atoms with Crippen molar-refractivity contribution in [2.45, 2.75) is 12.6 Å². The molecule has 1 aromatic carbocycles. The summed E-state index contributed by atoms with van der Waals surface area (Å²) in [7, 11) is 1.51. The van der Waals surface area contributed by atoms with E-state index in [-0.39, 0.29) is 6.54 Å². The zero-order valence-corrected chi connectivity index (χ0v) is 13.2. The van der Waals surface area contributed by atoms with E-state index in [1.165, 1.54) is 25.3 Å². The fourth-order valence-electron chi connectivity index (χ4n) is 1.83. The van der Waals surface area contributed by atoms with Crippen molar-refractivity contribution in [1.82, 2.24) is 10.3 Å². The second-order valence-electron chi connectivity index (χ2n) is 4.49. The first-order valence-corrected chi connectivity index (χ1v) is 7.17. The molecule has 1 aromatic heterocycles. The molecule has 116 valence electrons. The van der Waals surface area contributed by atoms with Gasteiger partial charge < -0.3 is 15.2 Å². The Morgan fingerprint density at radius 1 is 1.32 bits per heavy atom. The minimum Gasteiger partial charge on any atom is -0.481 e. The van der Waals surface area contributed by atoms with E-state index >= 15 is 0 Å². The average Bonchev–Trinajstić information content (AvgIpc) is 2.51. The summed E-state index contributed by atoms with van der Waals surface area (Å²) in [6.45, 7) is 0.168. The molecule has 22 heavy (non-hydrogen) atoms. The molecule has 0 aliphatic carbocycles. The number of benzene rings is 1. The molecular weight excluding hydrogens is 327 g/mol. The number of rotatable bonds is 5. The van der Waals surface area contributed by atoms with Gasteiger partial charge in [-0.25, -0.2) is 4.98 Å². The van der Waals surface area contributed by atoms with Crippen LogP contribution in [0.4, 0.5) is 0 Å². The van der Waals surface area contributed by atoms with Gasteiger partial charge in [-0.05, 0) is 29.8 Å². The lowest BCUT2D eigenvalue weighted by Gasteiger charge is -2.12. The molecule has 1 unspecified atom stereocenters. The lowest BCUT2D eigenvalue weighted by Crippen LogP contribution is -2.29. The predicted octanol–water partition coefficient (Wildman–Crippen LogP) is 2.75. The molecule has 0 aliphatic heterocycles. The summed E-state index contributed by atoms with van der Waals surface area (Å²) in [6, 6.07) is 9.71. The summed E-state index contributed by atoms with van der Waals surface area (Å²) in [5, 5.41) is 13.3.